The molecule has 2 N–H and O–H groups in total. The van der Waals surface area contributed by atoms with Crippen LogP contribution in [0.5, 0.6) is 0 Å². The first-order valence-corrected chi connectivity index (χ1v) is 8.91. The molecule has 6 nitrogen and oxygen atoms in total. The molecule has 0 bridgehead atoms. The molecule has 3 aromatic rings. The molecule has 142 valence electrons. The second-order valence-corrected chi connectivity index (χ2v) is 7.07. The van der Waals surface area contributed by atoms with Crippen molar-refractivity contribution >= 4 is 10.0 Å². The molecule has 1 heterocycles. The first kappa shape index (κ1) is 19.0. The molecule has 0 aliphatic carbocycles. The summed E-state index contributed by atoms with van der Waals surface area (Å²) in [6, 6.07) is 8.18. The number of aromatic nitrogens is 2. The summed E-state index contributed by atoms with van der Waals surface area (Å²) in [4.78, 5) is 3.77. The molecule has 11 heteroatoms. The Morgan fingerprint density at radius 3 is 2.48 bits per heavy atom. The molecule has 3 rings (SSSR count). The fourth-order valence-corrected chi connectivity index (χ4v) is 3.14. The van der Waals surface area contributed by atoms with Gasteiger partial charge in [0, 0.05) is 5.56 Å². The summed E-state index contributed by atoms with van der Waals surface area (Å²) >= 11 is 0. The van der Waals surface area contributed by atoms with Gasteiger partial charge in [0.15, 0.2) is 0 Å². The Balaban J connectivity index is 1.93. The summed E-state index contributed by atoms with van der Waals surface area (Å²) < 4.78 is 80.0. The average Bonchev–Trinajstić information content (AvgIpc) is 3.03. The fraction of sp³-hybridized carbons (Fsp3) is 0.125. The van der Waals surface area contributed by atoms with E-state index in [0.717, 1.165) is 6.07 Å². The van der Waals surface area contributed by atoms with Crippen LogP contribution in [0.2, 0.25) is 0 Å². The third-order valence-corrected chi connectivity index (χ3v) is 4.56. The van der Waals surface area contributed by atoms with Gasteiger partial charge in [0.2, 0.25) is 21.7 Å². The molecule has 0 unspecified atom stereocenters. The van der Waals surface area contributed by atoms with E-state index in [9.17, 15) is 26.0 Å². The van der Waals surface area contributed by atoms with Gasteiger partial charge in [0.25, 0.3) is 0 Å². The number of sulfonamides is 1. The lowest BCUT2D eigenvalue weighted by Gasteiger charge is -2.09. The van der Waals surface area contributed by atoms with Gasteiger partial charge in [-0.05, 0) is 29.8 Å². The van der Waals surface area contributed by atoms with E-state index < -0.39 is 27.6 Å². The maximum atomic E-state index is 13.3. The minimum Gasteiger partial charge on any atom is -0.339 e. The highest BCUT2D eigenvalue weighted by Gasteiger charge is 2.34. The van der Waals surface area contributed by atoms with Gasteiger partial charge in [0.05, 0.1) is 16.9 Å². The molecule has 0 fully saturated rings. The Hall–Kier alpha value is -2.79. The van der Waals surface area contributed by atoms with E-state index in [2.05, 4.69) is 10.1 Å². The molecule has 0 aliphatic rings. The normalized spacial score (nSPS) is 12.3. The van der Waals surface area contributed by atoms with Gasteiger partial charge in [-0.25, -0.2) is 17.9 Å². The highest BCUT2D eigenvalue weighted by molar-refractivity contribution is 7.89. The SMILES string of the molecule is NS(=O)(=O)c1ccccc1-c1noc(Cc2ccc(F)c(C(F)(F)F)c2)n1. The molecule has 27 heavy (non-hydrogen) atoms. The summed E-state index contributed by atoms with van der Waals surface area (Å²) in [6.07, 6.45) is -5.04. The van der Waals surface area contributed by atoms with Crippen molar-refractivity contribution < 1.29 is 30.5 Å². The molecule has 1 aromatic heterocycles. The second kappa shape index (κ2) is 6.74. The van der Waals surface area contributed by atoms with Gasteiger partial charge >= 0.3 is 6.18 Å². The molecule has 0 saturated heterocycles. The number of rotatable bonds is 4. The van der Waals surface area contributed by atoms with Crippen molar-refractivity contribution in [2.45, 2.75) is 17.5 Å². The Morgan fingerprint density at radius 2 is 1.81 bits per heavy atom. The zero-order chi connectivity index (χ0) is 19.8. The first-order chi connectivity index (χ1) is 12.6. The quantitative estimate of drug-likeness (QED) is 0.677. The van der Waals surface area contributed by atoms with Crippen LogP contribution in [0.1, 0.15) is 17.0 Å². The highest BCUT2D eigenvalue weighted by Crippen LogP contribution is 2.32. The summed E-state index contributed by atoms with van der Waals surface area (Å²) in [6.45, 7) is 0. The summed E-state index contributed by atoms with van der Waals surface area (Å²) in [5.41, 5.74) is -1.22. The lowest BCUT2D eigenvalue weighted by Crippen LogP contribution is -2.13. The van der Waals surface area contributed by atoms with E-state index in [1.165, 1.54) is 24.3 Å². The van der Waals surface area contributed by atoms with Crippen LogP contribution in [0.25, 0.3) is 11.4 Å². The Labute approximate surface area is 150 Å². The van der Waals surface area contributed by atoms with E-state index in [1.807, 2.05) is 0 Å². The third kappa shape index (κ3) is 4.14. The van der Waals surface area contributed by atoms with Crippen molar-refractivity contribution in [1.29, 1.82) is 0 Å². The topological polar surface area (TPSA) is 99.1 Å². The monoisotopic (exact) mass is 401 g/mol. The molecular weight excluding hydrogens is 390 g/mol. The predicted molar refractivity (Wildman–Crippen MR) is 85.3 cm³/mol. The van der Waals surface area contributed by atoms with Crippen molar-refractivity contribution in [3.8, 4) is 11.4 Å². The van der Waals surface area contributed by atoms with Gasteiger partial charge < -0.3 is 4.52 Å². The number of alkyl halides is 3. The predicted octanol–water partition coefficient (Wildman–Crippen LogP) is 3.13. The Bertz CT molecular complexity index is 1090. The van der Waals surface area contributed by atoms with Crippen LogP contribution < -0.4 is 5.14 Å². The second-order valence-electron chi connectivity index (χ2n) is 5.54. The molecule has 0 aliphatic heterocycles. The average molecular weight is 401 g/mol. The number of benzene rings is 2. The van der Waals surface area contributed by atoms with E-state index in [1.54, 1.807) is 0 Å². The van der Waals surface area contributed by atoms with Gasteiger partial charge in [-0.2, -0.15) is 18.2 Å². The lowest BCUT2D eigenvalue weighted by molar-refractivity contribution is -0.140. The molecule has 0 radical (unpaired) electrons. The van der Waals surface area contributed by atoms with Gasteiger partial charge in [-0.3, -0.25) is 0 Å². The highest BCUT2D eigenvalue weighted by atomic mass is 32.2. The number of nitrogens with zero attached hydrogens (tertiary/aromatic N) is 2. The summed E-state index contributed by atoms with van der Waals surface area (Å²) in [5, 5.41) is 8.78. The fourth-order valence-electron chi connectivity index (χ4n) is 2.41. The zero-order valence-electron chi connectivity index (χ0n) is 13.4. The van der Waals surface area contributed by atoms with Crippen LogP contribution in [0.3, 0.4) is 0 Å². The molecule has 2 aromatic carbocycles. The van der Waals surface area contributed by atoms with E-state index >= 15 is 0 Å². The molecule has 0 saturated carbocycles. The maximum Gasteiger partial charge on any atom is 0.419 e. The van der Waals surface area contributed by atoms with Crippen molar-refractivity contribution in [2.24, 2.45) is 5.14 Å². The van der Waals surface area contributed by atoms with Crippen LogP contribution in [0.4, 0.5) is 17.6 Å². The minimum atomic E-state index is -4.84. The molecule has 0 spiro atoms. The number of primary sulfonamides is 1. The molecule has 0 atom stereocenters. The van der Waals surface area contributed by atoms with E-state index in [-0.39, 0.29) is 34.2 Å². The Morgan fingerprint density at radius 1 is 1.11 bits per heavy atom. The smallest absolute Gasteiger partial charge is 0.339 e. The largest absolute Gasteiger partial charge is 0.419 e. The lowest BCUT2D eigenvalue weighted by atomic mass is 10.1. The van der Waals surface area contributed by atoms with E-state index in [4.69, 9.17) is 9.66 Å². The summed E-state index contributed by atoms with van der Waals surface area (Å²) in [7, 11) is -4.05. The first-order valence-electron chi connectivity index (χ1n) is 7.36. The third-order valence-electron chi connectivity index (χ3n) is 3.59. The van der Waals surface area contributed by atoms with Crippen molar-refractivity contribution in [3.63, 3.8) is 0 Å². The van der Waals surface area contributed by atoms with Crippen LogP contribution in [-0.2, 0) is 22.6 Å². The standard InChI is InChI=1S/C16H11F4N3O3S/c17-12-6-5-9(7-11(12)16(18,19)20)8-14-22-15(23-26-14)10-3-1-2-4-13(10)27(21,24)25/h1-7H,8H2,(H2,21,24,25). The number of nitrogens with two attached hydrogens (primary N) is 1. The van der Waals surface area contributed by atoms with Gasteiger partial charge in [0.1, 0.15) is 5.82 Å². The van der Waals surface area contributed by atoms with Crippen molar-refractivity contribution in [2.75, 3.05) is 0 Å². The van der Waals surface area contributed by atoms with Crippen LogP contribution in [0, 0.1) is 5.82 Å². The Kier molecular flexibility index (Phi) is 4.74. The number of hydrogen-bond donors (Lipinski definition) is 1. The van der Waals surface area contributed by atoms with Crippen molar-refractivity contribution in [1.82, 2.24) is 10.1 Å². The maximum absolute atomic E-state index is 13.3. The van der Waals surface area contributed by atoms with Gasteiger partial charge in [-0.1, -0.05) is 23.4 Å². The zero-order valence-corrected chi connectivity index (χ0v) is 14.2. The van der Waals surface area contributed by atoms with Crippen LogP contribution >= 0.6 is 0 Å². The molecular formula is C16H11F4N3O3S. The summed E-state index contributed by atoms with van der Waals surface area (Å²) in [5.74, 6) is -1.55. The van der Waals surface area contributed by atoms with E-state index in [0.29, 0.717) is 12.1 Å². The van der Waals surface area contributed by atoms with Crippen molar-refractivity contribution in [3.05, 3.63) is 65.3 Å². The van der Waals surface area contributed by atoms with Crippen LogP contribution in [0.15, 0.2) is 51.9 Å². The van der Waals surface area contributed by atoms with Gasteiger partial charge in [-0.15, -0.1) is 0 Å². The van der Waals surface area contributed by atoms with Crippen LogP contribution in [-0.4, -0.2) is 18.6 Å². The number of halogens is 4. The number of hydrogen-bond acceptors (Lipinski definition) is 5. The molecule has 0 amide bonds. The minimum absolute atomic E-state index is 0.0750.